The Bertz CT molecular complexity index is 548. The van der Waals surface area contributed by atoms with Gasteiger partial charge in [0.05, 0.1) is 10.9 Å². The lowest BCUT2D eigenvalue weighted by Gasteiger charge is -2.11. The van der Waals surface area contributed by atoms with Crippen LogP contribution < -0.4 is 15.8 Å². The molecule has 7 heteroatoms. The van der Waals surface area contributed by atoms with Gasteiger partial charge in [0.15, 0.2) is 0 Å². The molecule has 2 rings (SSSR count). The van der Waals surface area contributed by atoms with E-state index in [9.17, 15) is 13.2 Å². The van der Waals surface area contributed by atoms with Crippen LogP contribution in [0.15, 0.2) is 29.2 Å². The van der Waals surface area contributed by atoms with Crippen molar-refractivity contribution >= 4 is 15.9 Å². The molecule has 0 bridgehead atoms. The third kappa shape index (κ3) is 3.76. The SMILES string of the molecule is NS(=O)(=O)c1ccc(CNC(=O)C2CCCN2)cc1. The minimum Gasteiger partial charge on any atom is -0.351 e. The lowest BCUT2D eigenvalue weighted by Crippen LogP contribution is -2.39. The van der Waals surface area contributed by atoms with Gasteiger partial charge in [-0.15, -0.1) is 0 Å². The third-order valence-corrected chi connectivity index (χ3v) is 4.02. The summed E-state index contributed by atoms with van der Waals surface area (Å²) in [4.78, 5) is 11.8. The molecule has 104 valence electrons. The molecule has 19 heavy (non-hydrogen) atoms. The lowest BCUT2D eigenvalue weighted by molar-refractivity contribution is -0.122. The molecule has 1 aliphatic heterocycles. The molecule has 1 aliphatic rings. The average Bonchev–Trinajstić information content (AvgIpc) is 2.89. The number of sulfonamides is 1. The van der Waals surface area contributed by atoms with Crippen LogP contribution in [0.3, 0.4) is 0 Å². The minimum atomic E-state index is -3.66. The van der Waals surface area contributed by atoms with E-state index in [1.54, 1.807) is 12.1 Å². The highest BCUT2D eigenvalue weighted by Crippen LogP contribution is 2.09. The zero-order chi connectivity index (χ0) is 13.9. The number of rotatable bonds is 4. The van der Waals surface area contributed by atoms with Gasteiger partial charge >= 0.3 is 0 Å². The van der Waals surface area contributed by atoms with Crippen LogP contribution >= 0.6 is 0 Å². The second-order valence-corrected chi connectivity index (χ2v) is 6.12. The monoisotopic (exact) mass is 283 g/mol. The number of amides is 1. The van der Waals surface area contributed by atoms with E-state index in [0.717, 1.165) is 24.9 Å². The molecule has 1 heterocycles. The van der Waals surface area contributed by atoms with E-state index in [1.165, 1.54) is 12.1 Å². The van der Waals surface area contributed by atoms with E-state index in [0.29, 0.717) is 6.54 Å². The molecule has 1 atom stereocenters. The number of carbonyl (C=O) groups excluding carboxylic acids is 1. The number of hydrogen-bond acceptors (Lipinski definition) is 4. The van der Waals surface area contributed by atoms with Crippen LogP contribution in [-0.2, 0) is 21.4 Å². The van der Waals surface area contributed by atoms with Gasteiger partial charge in [-0.3, -0.25) is 4.79 Å². The van der Waals surface area contributed by atoms with Crippen molar-refractivity contribution < 1.29 is 13.2 Å². The molecule has 0 aromatic heterocycles. The Labute approximate surface area is 112 Å². The Morgan fingerprint density at radius 3 is 2.58 bits per heavy atom. The lowest BCUT2D eigenvalue weighted by atomic mass is 10.2. The first-order valence-corrected chi connectivity index (χ1v) is 7.64. The van der Waals surface area contributed by atoms with E-state index < -0.39 is 10.0 Å². The molecule has 1 unspecified atom stereocenters. The summed E-state index contributed by atoms with van der Waals surface area (Å²) in [6.45, 7) is 1.25. The first kappa shape index (κ1) is 14.0. The highest BCUT2D eigenvalue weighted by atomic mass is 32.2. The highest BCUT2D eigenvalue weighted by Gasteiger charge is 2.21. The maximum Gasteiger partial charge on any atom is 0.238 e. The predicted molar refractivity (Wildman–Crippen MR) is 70.7 cm³/mol. The van der Waals surface area contributed by atoms with Crippen molar-refractivity contribution in [2.45, 2.75) is 30.3 Å². The zero-order valence-electron chi connectivity index (χ0n) is 10.4. The smallest absolute Gasteiger partial charge is 0.238 e. The van der Waals surface area contributed by atoms with Gasteiger partial charge in [0, 0.05) is 6.54 Å². The Kier molecular flexibility index (Phi) is 4.18. The van der Waals surface area contributed by atoms with Crippen molar-refractivity contribution in [2.24, 2.45) is 5.14 Å². The molecule has 0 saturated carbocycles. The van der Waals surface area contributed by atoms with Crippen LogP contribution in [0, 0.1) is 0 Å². The minimum absolute atomic E-state index is 0.0203. The first-order chi connectivity index (χ1) is 8.97. The highest BCUT2D eigenvalue weighted by molar-refractivity contribution is 7.89. The zero-order valence-corrected chi connectivity index (χ0v) is 11.2. The van der Waals surface area contributed by atoms with E-state index in [-0.39, 0.29) is 16.8 Å². The molecule has 0 spiro atoms. The standard InChI is InChI=1S/C12H17N3O3S/c13-19(17,18)10-5-3-9(4-6-10)8-15-12(16)11-2-1-7-14-11/h3-6,11,14H,1-2,7-8H2,(H,15,16)(H2,13,17,18). The second kappa shape index (κ2) is 5.68. The van der Waals surface area contributed by atoms with E-state index in [4.69, 9.17) is 5.14 Å². The molecule has 1 aromatic rings. The molecule has 0 radical (unpaired) electrons. The number of benzene rings is 1. The summed E-state index contributed by atoms with van der Waals surface area (Å²) in [6.07, 6.45) is 1.87. The summed E-state index contributed by atoms with van der Waals surface area (Å²) >= 11 is 0. The molecule has 1 saturated heterocycles. The van der Waals surface area contributed by atoms with Gasteiger partial charge in [0.1, 0.15) is 0 Å². The number of hydrogen-bond donors (Lipinski definition) is 3. The molecule has 1 amide bonds. The fourth-order valence-corrected chi connectivity index (χ4v) is 2.53. The quantitative estimate of drug-likeness (QED) is 0.706. The van der Waals surface area contributed by atoms with Crippen LogP contribution in [0.2, 0.25) is 0 Å². The summed E-state index contributed by atoms with van der Waals surface area (Å²) in [5.41, 5.74) is 0.832. The number of carbonyl (C=O) groups is 1. The Hall–Kier alpha value is -1.44. The fourth-order valence-electron chi connectivity index (χ4n) is 2.02. The van der Waals surface area contributed by atoms with Crippen LogP contribution in [0.1, 0.15) is 18.4 Å². The molecule has 1 aromatic carbocycles. The largest absolute Gasteiger partial charge is 0.351 e. The first-order valence-electron chi connectivity index (χ1n) is 6.09. The summed E-state index contributed by atoms with van der Waals surface area (Å²) in [6, 6.07) is 6.04. The number of nitrogens with two attached hydrogens (primary N) is 1. The summed E-state index contributed by atoms with van der Waals surface area (Å²) in [5.74, 6) is -0.0203. The van der Waals surface area contributed by atoms with Crippen molar-refractivity contribution in [3.8, 4) is 0 Å². The van der Waals surface area contributed by atoms with E-state index in [1.807, 2.05) is 0 Å². The van der Waals surface area contributed by atoms with Gasteiger partial charge in [-0.2, -0.15) is 0 Å². The van der Waals surface area contributed by atoms with Crippen molar-refractivity contribution in [3.05, 3.63) is 29.8 Å². The van der Waals surface area contributed by atoms with Crippen LogP contribution in [0.5, 0.6) is 0 Å². The molecule has 4 N–H and O–H groups in total. The predicted octanol–water partition coefficient (Wildman–Crippen LogP) is -0.298. The molecular weight excluding hydrogens is 266 g/mol. The second-order valence-electron chi connectivity index (χ2n) is 4.56. The van der Waals surface area contributed by atoms with Gasteiger partial charge < -0.3 is 10.6 Å². The maximum atomic E-state index is 11.8. The summed E-state index contributed by atoms with van der Waals surface area (Å²) < 4.78 is 22.2. The summed E-state index contributed by atoms with van der Waals surface area (Å²) in [5, 5.41) is 10.9. The average molecular weight is 283 g/mol. The summed E-state index contributed by atoms with van der Waals surface area (Å²) in [7, 11) is -3.66. The normalized spacial score (nSPS) is 19.3. The number of nitrogens with one attached hydrogen (secondary N) is 2. The molecule has 0 aliphatic carbocycles. The van der Waals surface area contributed by atoms with Crippen LogP contribution in [-0.4, -0.2) is 26.9 Å². The van der Waals surface area contributed by atoms with Gasteiger partial charge in [0.25, 0.3) is 0 Å². The number of primary sulfonamides is 1. The Balaban J connectivity index is 1.91. The Morgan fingerprint density at radius 2 is 2.05 bits per heavy atom. The topological polar surface area (TPSA) is 101 Å². The Morgan fingerprint density at radius 1 is 1.37 bits per heavy atom. The van der Waals surface area contributed by atoms with E-state index >= 15 is 0 Å². The van der Waals surface area contributed by atoms with E-state index in [2.05, 4.69) is 10.6 Å². The van der Waals surface area contributed by atoms with Crippen molar-refractivity contribution in [1.82, 2.24) is 10.6 Å². The van der Waals surface area contributed by atoms with Crippen LogP contribution in [0.4, 0.5) is 0 Å². The van der Waals surface area contributed by atoms with Gasteiger partial charge in [-0.1, -0.05) is 12.1 Å². The fraction of sp³-hybridized carbons (Fsp3) is 0.417. The van der Waals surface area contributed by atoms with Crippen molar-refractivity contribution in [3.63, 3.8) is 0 Å². The van der Waals surface area contributed by atoms with Crippen molar-refractivity contribution in [2.75, 3.05) is 6.54 Å². The molecule has 6 nitrogen and oxygen atoms in total. The third-order valence-electron chi connectivity index (χ3n) is 3.10. The maximum absolute atomic E-state index is 11.8. The van der Waals surface area contributed by atoms with Gasteiger partial charge in [-0.05, 0) is 37.1 Å². The van der Waals surface area contributed by atoms with Crippen LogP contribution in [0.25, 0.3) is 0 Å². The molecular formula is C12H17N3O3S. The molecule has 1 fully saturated rings. The van der Waals surface area contributed by atoms with Gasteiger partial charge in [-0.25, -0.2) is 13.6 Å². The van der Waals surface area contributed by atoms with Crippen molar-refractivity contribution in [1.29, 1.82) is 0 Å². The van der Waals surface area contributed by atoms with Gasteiger partial charge in [0.2, 0.25) is 15.9 Å².